The summed E-state index contributed by atoms with van der Waals surface area (Å²) < 4.78 is 15.1. The van der Waals surface area contributed by atoms with E-state index in [0.717, 1.165) is 0 Å². The van der Waals surface area contributed by atoms with Crippen LogP contribution in [0.15, 0.2) is 0 Å². The Labute approximate surface area is 129 Å². The van der Waals surface area contributed by atoms with Crippen LogP contribution in [0.3, 0.4) is 0 Å². The van der Waals surface area contributed by atoms with E-state index in [9.17, 15) is 4.79 Å². The second-order valence-corrected chi connectivity index (χ2v) is 4.32. The lowest BCUT2D eigenvalue weighted by molar-refractivity contribution is -0.115. The summed E-state index contributed by atoms with van der Waals surface area (Å²) in [6.07, 6.45) is 0. The minimum absolute atomic E-state index is 0.0287. The number of ether oxygens (including phenoxy) is 3. The van der Waals surface area contributed by atoms with Gasteiger partial charge >= 0.3 is 0 Å². The molecular formula is C12H22N6O4. The lowest BCUT2D eigenvalue weighted by Crippen LogP contribution is -2.30. The van der Waals surface area contributed by atoms with Crippen LogP contribution >= 0.6 is 0 Å². The first-order valence-corrected chi connectivity index (χ1v) is 6.55. The first-order valence-electron chi connectivity index (χ1n) is 6.55. The van der Waals surface area contributed by atoms with Crippen molar-refractivity contribution >= 4 is 23.6 Å². The van der Waals surface area contributed by atoms with Crippen molar-refractivity contribution in [2.75, 3.05) is 63.6 Å². The highest BCUT2D eigenvalue weighted by Gasteiger charge is 2.13. The molecule has 22 heavy (non-hydrogen) atoms. The van der Waals surface area contributed by atoms with E-state index in [0.29, 0.717) is 11.9 Å². The Balaban J connectivity index is 3.00. The van der Waals surface area contributed by atoms with Crippen LogP contribution in [0.5, 0.6) is 0 Å². The molecule has 10 nitrogen and oxygen atoms in total. The number of aromatic nitrogens is 3. The molecule has 1 rings (SSSR count). The van der Waals surface area contributed by atoms with Gasteiger partial charge < -0.3 is 24.8 Å². The van der Waals surface area contributed by atoms with Gasteiger partial charge in [0.2, 0.25) is 17.8 Å². The van der Waals surface area contributed by atoms with Crippen molar-refractivity contribution < 1.29 is 19.0 Å². The van der Waals surface area contributed by atoms with Gasteiger partial charge in [-0.05, 0) is 6.92 Å². The lowest BCUT2D eigenvalue weighted by Gasteiger charge is -2.21. The third-order valence-corrected chi connectivity index (χ3v) is 2.35. The number of methoxy groups -OCH3 is 3. The van der Waals surface area contributed by atoms with E-state index in [2.05, 4.69) is 25.6 Å². The van der Waals surface area contributed by atoms with Gasteiger partial charge in [0, 0.05) is 21.3 Å². The summed E-state index contributed by atoms with van der Waals surface area (Å²) in [4.78, 5) is 25.4. The highest BCUT2D eigenvalue weighted by molar-refractivity contribution is 5.79. The molecule has 10 heteroatoms. The predicted molar refractivity (Wildman–Crippen MR) is 80.7 cm³/mol. The molecule has 1 heterocycles. The Morgan fingerprint density at radius 2 is 1.59 bits per heavy atom. The van der Waals surface area contributed by atoms with Crippen molar-refractivity contribution in [1.82, 2.24) is 15.0 Å². The van der Waals surface area contributed by atoms with Crippen LogP contribution in [0.25, 0.3) is 0 Å². The van der Waals surface area contributed by atoms with Gasteiger partial charge in [-0.1, -0.05) is 0 Å². The Morgan fingerprint density at radius 1 is 1.00 bits per heavy atom. The molecule has 0 bridgehead atoms. The number of carbonyl (C=O) groups is 1. The molecule has 0 aliphatic heterocycles. The number of rotatable bonds is 11. The monoisotopic (exact) mass is 314 g/mol. The van der Waals surface area contributed by atoms with Gasteiger partial charge in [-0.15, -0.1) is 0 Å². The normalized spacial score (nSPS) is 10.4. The van der Waals surface area contributed by atoms with Gasteiger partial charge in [-0.2, -0.15) is 15.0 Å². The summed E-state index contributed by atoms with van der Waals surface area (Å²) in [7, 11) is 4.66. The van der Waals surface area contributed by atoms with Crippen molar-refractivity contribution in [3.05, 3.63) is 0 Å². The molecule has 0 unspecified atom stereocenters. The number of nitrogens with zero attached hydrogens (tertiary/aromatic N) is 4. The zero-order chi connectivity index (χ0) is 16.4. The number of carbonyl (C=O) groups excluding carboxylic acids is 1. The molecule has 0 saturated carbocycles. The van der Waals surface area contributed by atoms with Gasteiger partial charge in [0.25, 0.3) is 0 Å². The van der Waals surface area contributed by atoms with Gasteiger partial charge in [0.05, 0.1) is 6.54 Å². The molecule has 0 fully saturated rings. The standard InChI is InChI=1S/C12H22N6O4/c1-9(19)5-13-10-15-11(14-6-20-2)17-12(16-10)18(7-21-3)8-22-4/h5-8H2,1-4H3,(H2,13,14,15,16,17). The van der Waals surface area contributed by atoms with E-state index in [1.807, 2.05) is 0 Å². The van der Waals surface area contributed by atoms with E-state index >= 15 is 0 Å². The Kier molecular flexibility index (Phi) is 8.04. The summed E-state index contributed by atoms with van der Waals surface area (Å²) in [6, 6.07) is 0. The van der Waals surface area contributed by atoms with Crippen molar-refractivity contribution in [1.29, 1.82) is 0 Å². The molecule has 124 valence electrons. The zero-order valence-electron chi connectivity index (χ0n) is 13.3. The highest BCUT2D eigenvalue weighted by atomic mass is 16.5. The van der Waals surface area contributed by atoms with Crippen molar-refractivity contribution in [3.63, 3.8) is 0 Å². The maximum atomic E-state index is 11.1. The SMILES string of the molecule is COCNc1nc(NCC(C)=O)nc(N(COC)COC)n1. The first kappa shape index (κ1) is 18.0. The maximum absolute atomic E-state index is 11.1. The molecule has 0 aromatic carbocycles. The van der Waals surface area contributed by atoms with Crippen LogP contribution in [0.4, 0.5) is 17.8 Å². The summed E-state index contributed by atoms with van der Waals surface area (Å²) in [6.45, 7) is 2.33. The number of Topliss-reactive ketones (excluding diaryl/α,β-unsaturated/α-hetero) is 1. The van der Waals surface area contributed by atoms with Crippen LogP contribution in [-0.4, -0.2) is 68.8 Å². The molecule has 2 N–H and O–H groups in total. The maximum Gasteiger partial charge on any atom is 0.235 e. The minimum atomic E-state index is -0.0287. The average Bonchev–Trinajstić information content (AvgIpc) is 2.50. The number of hydrogen-bond acceptors (Lipinski definition) is 10. The van der Waals surface area contributed by atoms with Crippen LogP contribution in [-0.2, 0) is 19.0 Å². The number of hydrogen-bond donors (Lipinski definition) is 2. The largest absolute Gasteiger partial charge is 0.364 e. The average molecular weight is 314 g/mol. The Hall–Kier alpha value is -2.04. The highest BCUT2D eigenvalue weighted by Crippen LogP contribution is 2.13. The van der Waals surface area contributed by atoms with Crippen molar-refractivity contribution in [2.45, 2.75) is 6.92 Å². The number of ketones is 1. The lowest BCUT2D eigenvalue weighted by atomic mass is 10.4. The first-order chi connectivity index (χ1) is 10.6. The second-order valence-electron chi connectivity index (χ2n) is 4.32. The summed E-state index contributed by atoms with van der Waals surface area (Å²) in [5.74, 6) is 0.911. The summed E-state index contributed by atoms with van der Waals surface area (Å²) in [5, 5.41) is 5.72. The second kappa shape index (κ2) is 9.82. The number of nitrogens with one attached hydrogen (secondary N) is 2. The Morgan fingerprint density at radius 3 is 2.09 bits per heavy atom. The van der Waals surface area contributed by atoms with E-state index in [1.165, 1.54) is 6.92 Å². The molecular weight excluding hydrogens is 292 g/mol. The van der Waals surface area contributed by atoms with Crippen LogP contribution in [0, 0.1) is 0 Å². The van der Waals surface area contributed by atoms with Crippen molar-refractivity contribution in [3.8, 4) is 0 Å². The van der Waals surface area contributed by atoms with E-state index in [-0.39, 0.29) is 38.5 Å². The summed E-state index contributed by atoms with van der Waals surface area (Å²) in [5.41, 5.74) is 0. The van der Waals surface area contributed by atoms with E-state index < -0.39 is 0 Å². The molecule has 0 aliphatic carbocycles. The van der Waals surface area contributed by atoms with Crippen LogP contribution in [0.2, 0.25) is 0 Å². The fourth-order valence-corrected chi connectivity index (χ4v) is 1.47. The van der Waals surface area contributed by atoms with E-state index in [1.54, 1.807) is 26.2 Å². The molecule has 0 radical (unpaired) electrons. The van der Waals surface area contributed by atoms with Gasteiger partial charge in [0.1, 0.15) is 26.0 Å². The smallest absolute Gasteiger partial charge is 0.235 e. The zero-order valence-corrected chi connectivity index (χ0v) is 13.3. The van der Waals surface area contributed by atoms with Crippen molar-refractivity contribution in [2.24, 2.45) is 0 Å². The van der Waals surface area contributed by atoms with E-state index in [4.69, 9.17) is 14.2 Å². The molecule has 0 atom stereocenters. The fourth-order valence-electron chi connectivity index (χ4n) is 1.47. The quantitative estimate of drug-likeness (QED) is 0.537. The molecule has 1 aromatic rings. The summed E-state index contributed by atoms with van der Waals surface area (Å²) >= 11 is 0. The van der Waals surface area contributed by atoms with Gasteiger partial charge in [0.15, 0.2) is 0 Å². The third-order valence-electron chi connectivity index (χ3n) is 2.35. The minimum Gasteiger partial charge on any atom is -0.364 e. The number of anilines is 3. The molecule has 0 aliphatic rings. The van der Waals surface area contributed by atoms with Crippen LogP contribution < -0.4 is 15.5 Å². The topological polar surface area (TPSA) is 111 Å². The molecule has 0 spiro atoms. The van der Waals surface area contributed by atoms with Crippen LogP contribution in [0.1, 0.15) is 6.92 Å². The fraction of sp³-hybridized carbons (Fsp3) is 0.667. The third kappa shape index (κ3) is 6.16. The molecule has 1 aromatic heterocycles. The van der Waals surface area contributed by atoms with Gasteiger partial charge in [-0.3, -0.25) is 9.69 Å². The van der Waals surface area contributed by atoms with Gasteiger partial charge in [-0.25, -0.2) is 0 Å². The Bertz CT molecular complexity index is 467. The molecule has 0 saturated heterocycles. The predicted octanol–water partition coefficient (Wildman–Crippen LogP) is -0.0975. The molecule has 0 amide bonds.